The largest absolute Gasteiger partial charge is 0.457 e. The first-order chi connectivity index (χ1) is 22.8. The van der Waals surface area contributed by atoms with Crippen LogP contribution in [0.2, 0.25) is 0 Å². The molecule has 0 saturated heterocycles. The van der Waals surface area contributed by atoms with E-state index >= 15 is 0 Å². The highest BCUT2D eigenvalue weighted by atomic mass is 16.6. The van der Waals surface area contributed by atoms with Gasteiger partial charge < -0.3 is 33.8 Å². The number of hydrogen-bond acceptors (Lipinski definition) is 12. The van der Waals surface area contributed by atoms with Gasteiger partial charge in [0.2, 0.25) is 0 Å². The number of rotatable bonds is 10. The second-order valence-electron chi connectivity index (χ2n) is 14.3. The van der Waals surface area contributed by atoms with Gasteiger partial charge in [-0.1, -0.05) is 70.9 Å². The van der Waals surface area contributed by atoms with Crippen LogP contribution in [0.25, 0.3) is 0 Å². The van der Waals surface area contributed by atoms with Gasteiger partial charge in [0.25, 0.3) is 0 Å². The number of hydrogen-bond donors (Lipinski definition) is 3. The van der Waals surface area contributed by atoms with Crippen molar-refractivity contribution in [3.8, 4) is 0 Å². The van der Waals surface area contributed by atoms with Crippen LogP contribution in [0.15, 0.2) is 32.3 Å². The molecule has 0 aromatic carbocycles. The van der Waals surface area contributed by atoms with Crippen molar-refractivity contribution in [1.29, 1.82) is 0 Å². The maximum atomic E-state index is 15.0. The minimum atomic E-state index is -2.44. The molecule has 2 fully saturated rings. The maximum Gasteiger partial charge on any atom is 0.344 e. The zero-order chi connectivity index (χ0) is 34.9. The molecule has 0 aliphatic heterocycles. The van der Waals surface area contributed by atoms with Crippen LogP contribution in [0.5, 0.6) is 0 Å². The quantitative estimate of drug-likeness (QED) is 0.247. The van der Waals surface area contributed by atoms with Gasteiger partial charge >= 0.3 is 11.9 Å². The number of ketones is 1. The van der Waals surface area contributed by atoms with Gasteiger partial charge in [-0.2, -0.15) is 0 Å². The van der Waals surface area contributed by atoms with E-state index < -0.39 is 60.2 Å². The number of aliphatic hydroxyl groups excluding tert-OH is 2. The first-order valence-electron chi connectivity index (χ1n) is 17.1. The molecule has 4 aliphatic carbocycles. The molecule has 2 bridgehead atoms. The molecule has 8 atom stereocenters. The first-order valence-corrected chi connectivity index (χ1v) is 17.1. The Balaban J connectivity index is 1.48. The number of ether oxygens (including phenoxy) is 2. The van der Waals surface area contributed by atoms with Gasteiger partial charge in [0.15, 0.2) is 29.0 Å². The summed E-state index contributed by atoms with van der Waals surface area (Å²) in [6.45, 7) is 12.2. The van der Waals surface area contributed by atoms with Crippen molar-refractivity contribution < 1.29 is 48.2 Å². The fraction of sp³-hybridized carbons (Fsp3) is 0.639. The summed E-state index contributed by atoms with van der Waals surface area (Å²) in [5, 5.41) is 43.6. The monoisotopic (exact) mass is 666 g/mol. The molecule has 4 aliphatic rings. The molecule has 260 valence electrons. The summed E-state index contributed by atoms with van der Waals surface area (Å²) in [6.07, 6.45) is 1.82. The zero-order valence-corrected chi connectivity index (χ0v) is 28.7. The molecule has 12 nitrogen and oxygen atoms in total. The Morgan fingerprint density at radius 1 is 0.958 bits per heavy atom. The second-order valence-corrected chi connectivity index (χ2v) is 14.3. The van der Waals surface area contributed by atoms with E-state index in [1.54, 1.807) is 19.1 Å². The second kappa shape index (κ2) is 12.1. The molecular formula is C36H46N2O10. The van der Waals surface area contributed by atoms with E-state index in [2.05, 4.69) is 24.2 Å². The number of aliphatic hydroxyl groups is 3. The highest BCUT2D eigenvalue weighted by Gasteiger charge is 2.77. The molecule has 0 radical (unpaired) electrons. The standard InChI is InChI=1S/C36H46N2O10/c1-8-22-26(24(10-3)47-37-22)32(42)45-16-19-14-35-17(5)12-21-28(34(21,6)7)20(30(35)41)13-18(15-39)29(40)36(35,44)31(19)46-33(43)27-23(9-2)38-48-25(27)11-4/h13-14,17,20-21,28-29,31,39-40,44H,8-12,15-16H2,1-7H3/t17-,20+,21-,28-,29-,31+,35+,36+/m1/s1. The van der Waals surface area contributed by atoms with Crippen LogP contribution in [0, 0.1) is 34.5 Å². The van der Waals surface area contributed by atoms with Crippen molar-refractivity contribution in [2.75, 3.05) is 13.2 Å². The summed E-state index contributed by atoms with van der Waals surface area (Å²) in [6, 6.07) is 0. The van der Waals surface area contributed by atoms with E-state index in [1.165, 1.54) is 0 Å². The van der Waals surface area contributed by atoms with Crippen LogP contribution in [0.1, 0.15) is 98.5 Å². The highest BCUT2D eigenvalue weighted by Crippen LogP contribution is 2.71. The number of aromatic nitrogens is 2. The van der Waals surface area contributed by atoms with E-state index in [0.29, 0.717) is 55.0 Å². The van der Waals surface area contributed by atoms with Crippen molar-refractivity contribution in [2.24, 2.45) is 34.5 Å². The third-order valence-corrected chi connectivity index (χ3v) is 11.8. The van der Waals surface area contributed by atoms with E-state index in [9.17, 15) is 29.7 Å². The Kier molecular flexibility index (Phi) is 8.61. The van der Waals surface area contributed by atoms with Gasteiger partial charge in [-0.15, -0.1) is 0 Å². The topological polar surface area (TPSA) is 182 Å². The van der Waals surface area contributed by atoms with E-state index in [0.717, 1.165) is 0 Å². The fourth-order valence-electron chi connectivity index (χ4n) is 9.10. The predicted molar refractivity (Wildman–Crippen MR) is 170 cm³/mol. The van der Waals surface area contributed by atoms with Crippen LogP contribution in [-0.4, -0.2) is 74.4 Å². The third-order valence-electron chi connectivity index (χ3n) is 11.8. The van der Waals surface area contributed by atoms with Gasteiger partial charge in [0, 0.05) is 24.3 Å². The van der Waals surface area contributed by atoms with Crippen molar-refractivity contribution in [2.45, 2.75) is 98.4 Å². The summed E-state index contributed by atoms with van der Waals surface area (Å²) in [4.78, 5) is 42.5. The van der Waals surface area contributed by atoms with Gasteiger partial charge in [0.05, 0.1) is 23.4 Å². The lowest BCUT2D eigenvalue weighted by atomic mass is 9.59. The summed E-state index contributed by atoms with van der Waals surface area (Å²) in [7, 11) is 0. The molecule has 48 heavy (non-hydrogen) atoms. The SMILES string of the molecule is CCc1noc(CC)c1C(=O)OCC1=C[C@]23C(=O)[C@@H](C=C(CO)[C@@H](O)[C@]2(O)[C@H]1OC(=O)c1c(CC)noc1CC)[C@@H]1[C@@H](C[C@H]3C)C1(C)C. The lowest BCUT2D eigenvalue weighted by molar-refractivity contribution is -0.191. The molecule has 12 heteroatoms. The number of Topliss-reactive ketones (excluding diaryl/α,β-unsaturated/α-hetero) is 1. The average Bonchev–Trinajstić information content (AvgIpc) is 3.46. The number of nitrogens with zero attached hydrogens (tertiary/aromatic N) is 2. The summed E-state index contributed by atoms with van der Waals surface area (Å²) >= 11 is 0. The Labute approximate surface area is 279 Å². The normalized spacial score (nSPS) is 33.2. The molecule has 2 aromatic heterocycles. The Bertz CT molecular complexity index is 1660. The van der Waals surface area contributed by atoms with Crippen LogP contribution in [-0.2, 0) is 40.0 Å². The Morgan fingerprint density at radius 3 is 2.08 bits per heavy atom. The van der Waals surface area contributed by atoms with Crippen molar-refractivity contribution >= 4 is 17.7 Å². The predicted octanol–water partition coefficient (Wildman–Crippen LogP) is 3.74. The summed E-state index contributed by atoms with van der Waals surface area (Å²) in [5.41, 5.74) is -3.04. The maximum absolute atomic E-state index is 15.0. The lowest BCUT2D eigenvalue weighted by Gasteiger charge is -2.48. The zero-order valence-electron chi connectivity index (χ0n) is 28.7. The molecule has 2 saturated carbocycles. The molecule has 6 rings (SSSR count). The van der Waals surface area contributed by atoms with Gasteiger partial charge in [-0.05, 0) is 48.0 Å². The summed E-state index contributed by atoms with van der Waals surface area (Å²) in [5.74, 6) is -2.39. The molecule has 0 amide bonds. The number of allylic oxidation sites excluding steroid dienone is 1. The number of esters is 2. The van der Waals surface area contributed by atoms with E-state index in [-0.39, 0.29) is 45.3 Å². The molecular weight excluding hydrogens is 620 g/mol. The van der Waals surface area contributed by atoms with Gasteiger partial charge in [0.1, 0.15) is 23.8 Å². The highest BCUT2D eigenvalue weighted by molar-refractivity contribution is 5.97. The van der Waals surface area contributed by atoms with Crippen LogP contribution in [0.4, 0.5) is 0 Å². The van der Waals surface area contributed by atoms with Crippen molar-refractivity contribution in [3.63, 3.8) is 0 Å². The molecule has 3 N–H and O–H groups in total. The minimum absolute atomic E-state index is 0.0658. The Hall–Kier alpha value is -3.61. The Morgan fingerprint density at radius 2 is 1.54 bits per heavy atom. The smallest absolute Gasteiger partial charge is 0.344 e. The molecule has 1 spiro atoms. The first kappa shape index (κ1) is 34.3. The number of carbonyl (C=O) groups excluding carboxylic acids is 3. The number of aryl methyl sites for hydroxylation is 4. The third kappa shape index (κ3) is 4.62. The van der Waals surface area contributed by atoms with E-state index in [1.807, 2.05) is 27.7 Å². The van der Waals surface area contributed by atoms with Gasteiger partial charge in [-0.25, -0.2) is 9.59 Å². The van der Waals surface area contributed by atoms with Gasteiger partial charge in [-0.3, -0.25) is 4.79 Å². The minimum Gasteiger partial charge on any atom is -0.457 e. The van der Waals surface area contributed by atoms with Crippen LogP contribution >= 0.6 is 0 Å². The number of carbonyl (C=O) groups is 3. The van der Waals surface area contributed by atoms with Crippen LogP contribution in [0.3, 0.4) is 0 Å². The number of fused-ring (bicyclic) bond motifs is 3. The van der Waals surface area contributed by atoms with Crippen molar-refractivity contribution in [1.82, 2.24) is 10.3 Å². The average molecular weight is 667 g/mol. The fourth-order valence-corrected chi connectivity index (χ4v) is 9.10. The van der Waals surface area contributed by atoms with Crippen molar-refractivity contribution in [3.05, 3.63) is 57.3 Å². The molecule has 2 heterocycles. The molecule has 2 aromatic rings. The summed E-state index contributed by atoms with van der Waals surface area (Å²) < 4.78 is 22.8. The van der Waals surface area contributed by atoms with E-state index in [4.69, 9.17) is 18.5 Å². The van der Waals surface area contributed by atoms with Crippen LogP contribution < -0.4 is 0 Å². The molecule has 0 unspecified atom stereocenters. The lowest BCUT2D eigenvalue weighted by Crippen LogP contribution is -2.66.